The molecule has 0 spiro atoms. The van der Waals surface area contributed by atoms with E-state index in [4.69, 9.17) is 4.74 Å². The van der Waals surface area contributed by atoms with Crippen molar-refractivity contribution in [3.05, 3.63) is 34.9 Å². The molecule has 17 heavy (non-hydrogen) atoms. The number of ether oxygens (including phenoxy) is 1. The first-order valence-electron chi connectivity index (χ1n) is 6.13. The van der Waals surface area contributed by atoms with Crippen molar-refractivity contribution >= 4 is 11.4 Å². The number of fused-ring (bicyclic) bond motifs is 1. The molecule has 1 aromatic rings. The predicted molar refractivity (Wildman–Crippen MR) is 69.2 cm³/mol. The van der Waals surface area contributed by atoms with Gasteiger partial charge in [0.2, 0.25) is 0 Å². The van der Waals surface area contributed by atoms with Crippen LogP contribution >= 0.6 is 0 Å². The van der Waals surface area contributed by atoms with Crippen LogP contribution < -0.4 is 4.74 Å². The van der Waals surface area contributed by atoms with Gasteiger partial charge in [0.05, 0.1) is 7.11 Å². The normalized spacial score (nSPS) is 13.8. The Morgan fingerprint density at radius 2 is 2.12 bits per heavy atom. The van der Waals surface area contributed by atoms with Crippen molar-refractivity contribution in [2.75, 3.05) is 7.11 Å². The van der Waals surface area contributed by atoms with Gasteiger partial charge in [0.25, 0.3) is 0 Å². The Bertz CT molecular complexity index is 484. The van der Waals surface area contributed by atoms with Crippen LogP contribution in [0.25, 0.3) is 5.57 Å². The lowest BCUT2D eigenvalue weighted by Crippen LogP contribution is -2.01. The molecule has 0 aliphatic heterocycles. The van der Waals surface area contributed by atoms with E-state index in [-0.39, 0.29) is 5.78 Å². The molecule has 0 aromatic heterocycles. The predicted octanol–water partition coefficient (Wildman–Crippen LogP) is 3.39. The summed E-state index contributed by atoms with van der Waals surface area (Å²) >= 11 is 0. The second-order valence-corrected chi connectivity index (χ2v) is 4.29. The van der Waals surface area contributed by atoms with Crippen molar-refractivity contribution in [2.45, 2.75) is 33.1 Å². The van der Waals surface area contributed by atoms with Gasteiger partial charge in [0, 0.05) is 18.4 Å². The molecule has 0 N–H and O–H groups in total. The number of ketones is 1. The molecule has 0 radical (unpaired) electrons. The van der Waals surface area contributed by atoms with Crippen LogP contribution in [-0.4, -0.2) is 12.9 Å². The molecule has 0 fully saturated rings. The van der Waals surface area contributed by atoms with Crippen LogP contribution in [0.1, 0.15) is 37.8 Å². The number of methoxy groups -OCH3 is 1. The summed E-state index contributed by atoms with van der Waals surface area (Å²) in [4.78, 5) is 11.9. The Morgan fingerprint density at radius 1 is 1.35 bits per heavy atom. The molecular formula is C15H18O2. The highest BCUT2D eigenvalue weighted by atomic mass is 16.5. The number of rotatable bonds is 4. The highest BCUT2D eigenvalue weighted by Crippen LogP contribution is 2.37. The molecule has 0 amide bonds. The highest BCUT2D eigenvalue weighted by molar-refractivity contribution is 6.05. The Balaban J connectivity index is 2.44. The van der Waals surface area contributed by atoms with Crippen molar-refractivity contribution in [1.82, 2.24) is 0 Å². The van der Waals surface area contributed by atoms with E-state index in [1.807, 2.05) is 19.1 Å². The van der Waals surface area contributed by atoms with Crippen LogP contribution in [-0.2, 0) is 11.2 Å². The molecule has 1 aliphatic rings. The van der Waals surface area contributed by atoms with Gasteiger partial charge in [-0.2, -0.15) is 0 Å². The number of benzene rings is 1. The molecule has 0 heterocycles. The Kier molecular flexibility index (Phi) is 3.32. The van der Waals surface area contributed by atoms with Crippen LogP contribution in [0, 0.1) is 0 Å². The summed E-state index contributed by atoms with van der Waals surface area (Å²) in [5, 5.41) is 0. The summed E-state index contributed by atoms with van der Waals surface area (Å²) < 4.78 is 5.23. The fraction of sp³-hybridized carbons (Fsp3) is 0.400. The minimum atomic E-state index is 0.275. The fourth-order valence-corrected chi connectivity index (χ4v) is 2.48. The van der Waals surface area contributed by atoms with Crippen LogP contribution in [0.4, 0.5) is 0 Å². The highest BCUT2D eigenvalue weighted by Gasteiger charge is 2.24. The SMILES string of the molecule is CCC(=O)C1=C(CC)c2ccc(OC)cc2C1. The number of allylic oxidation sites excluding steroid dienone is 2. The number of carbonyl (C=O) groups is 1. The van der Waals surface area contributed by atoms with Gasteiger partial charge in [0.15, 0.2) is 5.78 Å². The average Bonchev–Trinajstić information content (AvgIpc) is 2.74. The molecule has 0 atom stereocenters. The number of hydrogen-bond acceptors (Lipinski definition) is 2. The third-order valence-electron chi connectivity index (χ3n) is 3.38. The maximum atomic E-state index is 11.9. The third kappa shape index (κ3) is 1.99. The second kappa shape index (κ2) is 4.74. The number of Topliss-reactive ketones (excluding diaryl/α,β-unsaturated/α-hetero) is 1. The first kappa shape index (κ1) is 11.9. The van der Waals surface area contributed by atoms with E-state index in [2.05, 4.69) is 13.0 Å². The summed E-state index contributed by atoms with van der Waals surface area (Å²) in [6.07, 6.45) is 2.27. The van der Waals surface area contributed by atoms with E-state index in [9.17, 15) is 4.79 Å². The Labute approximate surface area is 102 Å². The molecule has 90 valence electrons. The van der Waals surface area contributed by atoms with Crippen LogP contribution in [0.2, 0.25) is 0 Å². The maximum Gasteiger partial charge on any atom is 0.159 e. The third-order valence-corrected chi connectivity index (χ3v) is 3.38. The Hall–Kier alpha value is -1.57. The molecule has 2 rings (SSSR count). The van der Waals surface area contributed by atoms with Gasteiger partial charge in [-0.1, -0.05) is 19.9 Å². The molecule has 0 saturated carbocycles. The van der Waals surface area contributed by atoms with Gasteiger partial charge in [-0.05, 0) is 35.3 Å². The first-order chi connectivity index (χ1) is 8.21. The summed E-state index contributed by atoms with van der Waals surface area (Å²) in [5.74, 6) is 1.14. The molecule has 0 saturated heterocycles. The van der Waals surface area contributed by atoms with Crippen molar-refractivity contribution < 1.29 is 9.53 Å². The fourth-order valence-electron chi connectivity index (χ4n) is 2.48. The minimum absolute atomic E-state index is 0.275. The van der Waals surface area contributed by atoms with E-state index in [0.717, 1.165) is 24.2 Å². The standard InChI is InChI=1S/C15H18O2/c1-4-12-13-7-6-11(17-3)8-10(13)9-14(12)15(16)5-2/h6-8H,4-5,9H2,1-3H3. The Morgan fingerprint density at radius 3 is 2.71 bits per heavy atom. The topological polar surface area (TPSA) is 26.3 Å². The lowest BCUT2D eigenvalue weighted by molar-refractivity contribution is -0.115. The quantitative estimate of drug-likeness (QED) is 0.792. The maximum absolute atomic E-state index is 11.9. The summed E-state index contributed by atoms with van der Waals surface area (Å²) in [5.41, 5.74) is 4.66. The monoisotopic (exact) mass is 230 g/mol. The van der Waals surface area contributed by atoms with E-state index in [1.54, 1.807) is 7.11 Å². The van der Waals surface area contributed by atoms with E-state index in [1.165, 1.54) is 16.7 Å². The van der Waals surface area contributed by atoms with E-state index < -0.39 is 0 Å². The van der Waals surface area contributed by atoms with Gasteiger partial charge >= 0.3 is 0 Å². The van der Waals surface area contributed by atoms with Gasteiger partial charge in [-0.15, -0.1) is 0 Å². The zero-order valence-electron chi connectivity index (χ0n) is 10.7. The lowest BCUT2D eigenvalue weighted by Gasteiger charge is -2.05. The van der Waals surface area contributed by atoms with Crippen molar-refractivity contribution in [1.29, 1.82) is 0 Å². The molecule has 2 heteroatoms. The molecule has 0 unspecified atom stereocenters. The van der Waals surface area contributed by atoms with Gasteiger partial charge in [-0.25, -0.2) is 0 Å². The van der Waals surface area contributed by atoms with Gasteiger partial charge in [0.1, 0.15) is 5.75 Å². The van der Waals surface area contributed by atoms with Gasteiger partial charge < -0.3 is 4.74 Å². The van der Waals surface area contributed by atoms with Crippen LogP contribution in [0.15, 0.2) is 23.8 Å². The van der Waals surface area contributed by atoms with E-state index in [0.29, 0.717) is 6.42 Å². The lowest BCUT2D eigenvalue weighted by atomic mass is 10.0. The molecule has 1 aliphatic carbocycles. The van der Waals surface area contributed by atoms with Gasteiger partial charge in [-0.3, -0.25) is 4.79 Å². The zero-order valence-corrected chi connectivity index (χ0v) is 10.7. The summed E-state index contributed by atoms with van der Waals surface area (Å²) in [6.45, 7) is 4.03. The second-order valence-electron chi connectivity index (χ2n) is 4.29. The molecule has 0 bridgehead atoms. The van der Waals surface area contributed by atoms with Crippen LogP contribution in [0.3, 0.4) is 0 Å². The summed E-state index contributed by atoms with van der Waals surface area (Å²) in [7, 11) is 1.67. The summed E-state index contributed by atoms with van der Waals surface area (Å²) in [6, 6.07) is 6.08. The number of carbonyl (C=O) groups excluding carboxylic acids is 1. The molecule has 1 aromatic carbocycles. The van der Waals surface area contributed by atoms with Crippen molar-refractivity contribution in [3.8, 4) is 5.75 Å². The average molecular weight is 230 g/mol. The zero-order chi connectivity index (χ0) is 12.4. The van der Waals surface area contributed by atoms with E-state index >= 15 is 0 Å². The minimum Gasteiger partial charge on any atom is -0.497 e. The molecular weight excluding hydrogens is 212 g/mol. The van der Waals surface area contributed by atoms with Crippen molar-refractivity contribution in [2.24, 2.45) is 0 Å². The molecule has 2 nitrogen and oxygen atoms in total. The van der Waals surface area contributed by atoms with Crippen LogP contribution in [0.5, 0.6) is 5.75 Å². The first-order valence-corrected chi connectivity index (χ1v) is 6.13. The largest absolute Gasteiger partial charge is 0.497 e. The smallest absolute Gasteiger partial charge is 0.159 e. The number of hydrogen-bond donors (Lipinski definition) is 0. The van der Waals surface area contributed by atoms with Crippen molar-refractivity contribution in [3.63, 3.8) is 0 Å².